The van der Waals surface area contributed by atoms with Crippen molar-refractivity contribution in [3.8, 4) is 0 Å². The van der Waals surface area contributed by atoms with Gasteiger partial charge >= 0.3 is 0 Å². The first kappa shape index (κ1) is 17.4. The van der Waals surface area contributed by atoms with Crippen LogP contribution in [0.4, 0.5) is 0 Å². The summed E-state index contributed by atoms with van der Waals surface area (Å²) in [5.41, 5.74) is 1.48. The molecule has 1 unspecified atom stereocenters. The van der Waals surface area contributed by atoms with E-state index in [0.29, 0.717) is 22.2 Å². The normalized spacial score (nSPS) is 16.9. The molecule has 3 aromatic heterocycles. The largest absolute Gasteiger partial charge is 0.334 e. The number of hydrogen-bond acceptors (Lipinski definition) is 5. The summed E-state index contributed by atoms with van der Waals surface area (Å²) in [5.74, 6) is -0.0584. The molecule has 1 aliphatic heterocycles. The summed E-state index contributed by atoms with van der Waals surface area (Å²) < 4.78 is 3.36. The molecule has 136 valence electrons. The van der Waals surface area contributed by atoms with Gasteiger partial charge < -0.3 is 4.90 Å². The smallest absolute Gasteiger partial charge is 0.266 e. The van der Waals surface area contributed by atoms with Crippen molar-refractivity contribution in [1.82, 2.24) is 24.2 Å². The Morgan fingerprint density at radius 3 is 3.04 bits per heavy atom. The van der Waals surface area contributed by atoms with Crippen LogP contribution in [0.15, 0.2) is 27.2 Å². The van der Waals surface area contributed by atoms with Crippen molar-refractivity contribution in [3.05, 3.63) is 43.2 Å². The molecular formula is C17H18BrN5O2S. The van der Waals surface area contributed by atoms with E-state index in [1.54, 1.807) is 23.1 Å². The molecule has 1 atom stereocenters. The number of nitrogens with zero attached hydrogens (tertiary/aromatic N) is 5. The average molecular weight is 436 g/mol. The number of halogens is 1. The third-order valence-electron chi connectivity index (χ3n) is 4.88. The average Bonchev–Trinajstić information content (AvgIpc) is 3.20. The summed E-state index contributed by atoms with van der Waals surface area (Å²) in [6, 6.07) is 2.19. The summed E-state index contributed by atoms with van der Waals surface area (Å²) in [5, 5.41) is 6.65. The van der Waals surface area contributed by atoms with E-state index in [0.717, 1.165) is 12.8 Å². The minimum absolute atomic E-state index is 0.0148. The van der Waals surface area contributed by atoms with Crippen LogP contribution in [0.5, 0.6) is 0 Å². The van der Waals surface area contributed by atoms with Gasteiger partial charge in [-0.3, -0.25) is 14.2 Å². The molecule has 0 aromatic carbocycles. The fourth-order valence-electron chi connectivity index (χ4n) is 3.62. The van der Waals surface area contributed by atoms with Gasteiger partial charge in [0.15, 0.2) is 5.65 Å². The van der Waals surface area contributed by atoms with Gasteiger partial charge in [0.2, 0.25) is 5.91 Å². The second-order valence-electron chi connectivity index (χ2n) is 6.35. The van der Waals surface area contributed by atoms with Crippen molar-refractivity contribution >= 4 is 44.2 Å². The minimum Gasteiger partial charge on any atom is -0.334 e. The van der Waals surface area contributed by atoms with E-state index in [4.69, 9.17) is 0 Å². The van der Waals surface area contributed by atoms with Gasteiger partial charge in [0.1, 0.15) is 22.9 Å². The number of thiophene rings is 1. The van der Waals surface area contributed by atoms with E-state index < -0.39 is 0 Å². The standard InChI is InChI=1S/C17H18BrN5O2S/c1-3-11-10-5-7-26-12(10)4-6-23(11)13(24)8-22-9-19-16-14(17(22)25)15(18)20-21(16)2/h5,7,9,11H,3-4,6,8H2,1-2H3. The number of rotatable bonds is 3. The molecule has 0 fully saturated rings. The Balaban J connectivity index is 1.65. The molecule has 1 amide bonds. The quantitative estimate of drug-likeness (QED) is 0.633. The lowest BCUT2D eigenvalue weighted by Crippen LogP contribution is -2.42. The van der Waals surface area contributed by atoms with Crippen molar-refractivity contribution in [2.75, 3.05) is 6.54 Å². The maximum atomic E-state index is 13.0. The van der Waals surface area contributed by atoms with Crippen molar-refractivity contribution < 1.29 is 4.79 Å². The predicted molar refractivity (Wildman–Crippen MR) is 103 cm³/mol. The summed E-state index contributed by atoms with van der Waals surface area (Å²) in [4.78, 5) is 33.3. The molecule has 0 aliphatic carbocycles. The topological polar surface area (TPSA) is 73.0 Å². The maximum absolute atomic E-state index is 13.0. The molecule has 0 saturated carbocycles. The maximum Gasteiger partial charge on any atom is 0.266 e. The van der Waals surface area contributed by atoms with Crippen LogP contribution in [0.1, 0.15) is 29.8 Å². The highest BCUT2D eigenvalue weighted by atomic mass is 79.9. The molecule has 7 nitrogen and oxygen atoms in total. The van der Waals surface area contributed by atoms with Crippen LogP contribution < -0.4 is 5.56 Å². The van der Waals surface area contributed by atoms with Crippen LogP contribution >= 0.6 is 27.3 Å². The molecule has 0 radical (unpaired) electrons. The zero-order chi connectivity index (χ0) is 18.4. The zero-order valence-corrected chi connectivity index (χ0v) is 16.9. The highest BCUT2D eigenvalue weighted by Crippen LogP contribution is 2.35. The lowest BCUT2D eigenvalue weighted by molar-refractivity contribution is -0.134. The van der Waals surface area contributed by atoms with Crippen LogP contribution in [0.2, 0.25) is 0 Å². The molecule has 1 aliphatic rings. The third kappa shape index (κ3) is 2.69. The number of carbonyl (C=O) groups excluding carboxylic acids is 1. The molecule has 0 N–H and O–H groups in total. The number of aryl methyl sites for hydroxylation is 1. The van der Waals surface area contributed by atoms with Crippen LogP contribution in [0.25, 0.3) is 11.0 Å². The van der Waals surface area contributed by atoms with E-state index in [2.05, 4.69) is 44.4 Å². The fourth-order valence-corrected chi connectivity index (χ4v) is 5.13. The van der Waals surface area contributed by atoms with Crippen LogP contribution in [-0.4, -0.2) is 36.7 Å². The first-order valence-corrected chi connectivity index (χ1v) is 10.1. The molecule has 3 aromatic rings. The van der Waals surface area contributed by atoms with Gasteiger partial charge in [-0.15, -0.1) is 11.3 Å². The van der Waals surface area contributed by atoms with Crippen molar-refractivity contribution in [1.29, 1.82) is 0 Å². The van der Waals surface area contributed by atoms with Gasteiger partial charge in [-0.1, -0.05) is 6.92 Å². The molecule has 0 spiro atoms. The molecule has 26 heavy (non-hydrogen) atoms. The van der Waals surface area contributed by atoms with Crippen LogP contribution in [0, 0.1) is 0 Å². The van der Waals surface area contributed by atoms with Crippen LogP contribution in [-0.2, 0) is 24.8 Å². The zero-order valence-electron chi connectivity index (χ0n) is 14.5. The number of carbonyl (C=O) groups is 1. The van der Waals surface area contributed by atoms with Crippen molar-refractivity contribution in [3.63, 3.8) is 0 Å². The van der Waals surface area contributed by atoms with Gasteiger partial charge in [-0.2, -0.15) is 5.10 Å². The Morgan fingerprint density at radius 1 is 1.46 bits per heavy atom. The molecule has 9 heteroatoms. The van der Waals surface area contributed by atoms with E-state index in [1.165, 1.54) is 21.3 Å². The Labute approximate surface area is 162 Å². The second kappa shape index (κ2) is 6.62. The van der Waals surface area contributed by atoms with Crippen molar-refractivity contribution in [2.24, 2.45) is 7.05 Å². The van der Waals surface area contributed by atoms with E-state index in [1.807, 2.05) is 4.90 Å². The molecular weight excluding hydrogens is 418 g/mol. The Hall–Kier alpha value is -2.00. The summed E-state index contributed by atoms with van der Waals surface area (Å²) in [7, 11) is 1.73. The third-order valence-corrected chi connectivity index (χ3v) is 6.43. The number of aromatic nitrogens is 4. The van der Waals surface area contributed by atoms with E-state index >= 15 is 0 Å². The SMILES string of the molecule is CCC1c2ccsc2CCN1C(=O)Cn1cnc2c(c(Br)nn2C)c1=O. The van der Waals surface area contributed by atoms with Gasteiger partial charge in [0.05, 0.1) is 6.04 Å². The lowest BCUT2D eigenvalue weighted by atomic mass is 9.98. The predicted octanol–water partition coefficient (Wildman–Crippen LogP) is 2.49. The molecule has 0 saturated heterocycles. The van der Waals surface area contributed by atoms with Gasteiger partial charge in [-0.25, -0.2) is 9.67 Å². The van der Waals surface area contributed by atoms with Crippen LogP contribution in [0.3, 0.4) is 0 Å². The minimum atomic E-state index is -0.260. The van der Waals surface area contributed by atoms with Gasteiger partial charge in [0.25, 0.3) is 5.56 Å². The number of amides is 1. The monoisotopic (exact) mass is 435 g/mol. The van der Waals surface area contributed by atoms with Gasteiger partial charge in [-0.05, 0) is 45.8 Å². The first-order valence-electron chi connectivity index (χ1n) is 8.44. The fraction of sp³-hybridized carbons (Fsp3) is 0.412. The Kier molecular flexibility index (Phi) is 4.44. The second-order valence-corrected chi connectivity index (χ2v) is 8.10. The van der Waals surface area contributed by atoms with E-state index in [9.17, 15) is 9.59 Å². The first-order chi connectivity index (χ1) is 12.5. The highest BCUT2D eigenvalue weighted by Gasteiger charge is 2.30. The Morgan fingerprint density at radius 2 is 2.27 bits per heavy atom. The number of fused-ring (bicyclic) bond motifs is 2. The van der Waals surface area contributed by atoms with Gasteiger partial charge in [0, 0.05) is 18.5 Å². The summed E-state index contributed by atoms with van der Waals surface area (Å²) in [6.45, 7) is 2.76. The van der Waals surface area contributed by atoms with E-state index in [-0.39, 0.29) is 24.1 Å². The Bertz CT molecular complexity index is 1050. The molecule has 4 rings (SSSR count). The lowest BCUT2D eigenvalue weighted by Gasteiger charge is -2.35. The van der Waals surface area contributed by atoms with Crippen molar-refractivity contribution in [2.45, 2.75) is 32.4 Å². The number of hydrogen-bond donors (Lipinski definition) is 0. The summed E-state index contributed by atoms with van der Waals surface area (Å²) >= 11 is 5.05. The molecule has 0 bridgehead atoms. The summed E-state index contributed by atoms with van der Waals surface area (Å²) in [6.07, 6.45) is 3.16. The highest BCUT2D eigenvalue weighted by molar-refractivity contribution is 9.10. The molecule has 4 heterocycles.